The molecule has 0 aliphatic heterocycles. The van der Waals surface area contributed by atoms with Gasteiger partial charge >= 0.3 is 0 Å². The predicted octanol–water partition coefficient (Wildman–Crippen LogP) is 2.39. The van der Waals surface area contributed by atoms with E-state index in [0.717, 1.165) is 24.8 Å². The van der Waals surface area contributed by atoms with Gasteiger partial charge in [0.15, 0.2) is 5.60 Å². The van der Waals surface area contributed by atoms with Gasteiger partial charge in [-0.3, -0.25) is 0 Å². The Kier molecular flexibility index (Phi) is 5.24. The molecule has 0 bridgehead atoms. The maximum Gasteiger partial charge on any atom is 0.214 e. The van der Waals surface area contributed by atoms with Crippen LogP contribution in [0.25, 0.3) is 0 Å². The summed E-state index contributed by atoms with van der Waals surface area (Å²) in [6.07, 6.45) is 5.25. The van der Waals surface area contributed by atoms with E-state index in [4.69, 9.17) is 10.00 Å². The molecule has 3 rings (SSSR count). The molecule has 2 aliphatic carbocycles. The average Bonchev–Trinajstić information content (AvgIpc) is 3.35. The van der Waals surface area contributed by atoms with Crippen LogP contribution in [0.15, 0.2) is 30.3 Å². The Morgan fingerprint density at radius 3 is 2.54 bits per heavy atom. The maximum absolute atomic E-state index is 12.4. The van der Waals surface area contributed by atoms with Crippen LogP contribution in [0.1, 0.15) is 37.7 Å². The van der Waals surface area contributed by atoms with Crippen LogP contribution in [0.4, 0.5) is 0 Å². The molecule has 0 saturated heterocycles. The van der Waals surface area contributed by atoms with Gasteiger partial charge in [0, 0.05) is 6.04 Å². The molecule has 1 N–H and O–H groups in total. The zero-order chi connectivity index (χ0) is 17.0. The molecule has 0 spiro atoms. The van der Waals surface area contributed by atoms with Crippen molar-refractivity contribution in [2.45, 2.75) is 50.2 Å². The van der Waals surface area contributed by atoms with Crippen molar-refractivity contribution in [3.05, 3.63) is 35.9 Å². The Labute approximate surface area is 144 Å². The van der Waals surface area contributed by atoms with Crippen molar-refractivity contribution in [3.8, 4) is 6.07 Å². The Morgan fingerprint density at radius 2 is 2.00 bits per heavy atom. The molecular formula is C18H24N2O3S. The van der Waals surface area contributed by atoms with Gasteiger partial charge in [-0.1, -0.05) is 30.3 Å². The van der Waals surface area contributed by atoms with Gasteiger partial charge < -0.3 is 4.74 Å². The predicted molar refractivity (Wildman–Crippen MR) is 91.7 cm³/mol. The average molecular weight is 348 g/mol. The molecule has 1 atom stereocenters. The van der Waals surface area contributed by atoms with Crippen molar-refractivity contribution in [2.24, 2.45) is 5.92 Å². The minimum atomic E-state index is -3.41. The summed E-state index contributed by atoms with van der Waals surface area (Å²) in [5.74, 6) is 0.340. The first-order chi connectivity index (χ1) is 11.5. The second-order valence-electron chi connectivity index (χ2n) is 6.88. The summed E-state index contributed by atoms with van der Waals surface area (Å²) in [4.78, 5) is 0. The monoisotopic (exact) mass is 348 g/mol. The molecule has 5 nitrogen and oxygen atoms in total. The lowest BCUT2D eigenvalue weighted by molar-refractivity contribution is -0.0489. The Bertz CT molecular complexity index is 689. The molecule has 1 aromatic carbocycles. The number of hydrogen-bond donors (Lipinski definition) is 1. The van der Waals surface area contributed by atoms with Gasteiger partial charge in [-0.05, 0) is 50.0 Å². The maximum atomic E-state index is 12.4. The van der Waals surface area contributed by atoms with Crippen LogP contribution < -0.4 is 4.72 Å². The Morgan fingerprint density at radius 1 is 1.29 bits per heavy atom. The minimum absolute atomic E-state index is 0.0500. The van der Waals surface area contributed by atoms with Crippen molar-refractivity contribution in [1.29, 1.82) is 5.26 Å². The van der Waals surface area contributed by atoms with Crippen molar-refractivity contribution in [1.82, 2.24) is 4.72 Å². The quantitative estimate of drug-likeness (QED) is 0.743. The zero-order valence-electron chi connectivity index (χ0n) is 13.8. The number of nitrogens with zero attached hydrogens (tertiary/aromatic N) is 1. The van der Waals surface area contributed by atoms with Crippen molar-refractivity contribution in [2.75, 3.05) is 12.4 Å². The van der Waals surface area contributed by atoms with Gasteiger partial charge in [-0.25, -0.2) is 13.1 Å². The van der Waals surface area contributed by atoms with E-state index in [9.17, 15) is 8.42 Å². The van der Waals surface area contributed by atoms with Crippen LogP contribution in [-0.2, 0) is 21.2 Å². The van der Waals surface area contributed by atoms with Crippen molar-refractivity contribution in [3.63, 3.8) is 0 Å². The fraction of sp³-hybridized carbons (Fsp3) is 0.611. The van der Waals surface area contributed by atoms with Crippen LogP contribution in [0, 0.1) is 17.2 Å². The first-order valence-corrected chi connectivity index (χ1v) is 10.3. The topological polar surface area (TPSA) is 79.2 Å². The van der Waals surface area contributed by atoms with Gasteiger partial charge in [-0.15, -0.1) is 0 Å². The van der Waals surface area contributed by atoms with Crippen LogP contribution in [0.5, 0.6) is 0 Å². The summed E-state index contributed by atoms with van der Waals surface area (Å²) in [7, 11) is -3.41. The Balaban J connectivity index is 1.52. The summed E-state index contributed by atoms with van der Waals surface area (Å²) in [5, 5.41) is 9.12. The molecule has 6 heteroatoms. The van der Waals surface area contributed by atoms with Gasteiger partial charge in [0.05, 0.1) is 18.4 Å². The number of sulfonamides is 1. The number of rotatable bonds is 9. The van der Waals surface area contributed by atoms with Crippen LogP contribution >= 0.6 is 0 Å². The third-order valence-corrected chi connectivity index (χ3v) is 6.28. The molecular weight excluding hydrogens is 324 g/mol. The smallest absolute Gasteiger partial charge is 0.214 e. The fourth-order valence-corrected chi connectivity index (χ4v) is 4.25. The molecule has 24 heavy (non-hydrogen) atoms. The third kappa shape index (κ3) is 4.56. The Hall–Kier alpha value is -1.42. The van der Waals surface area contributed by atoms with Crippen LogP contribution in [-0.4, -0.2) is 32.4 Å². The van der Waals surface area contributed by atoms with E-state index in [-0.39, 0.29) is 18.4 Å². The summed E-state index contributed by atoms with van der Waals surface area (Å²) >= 11 is 0. The molecule has 2 aliphatic rings. The summed E-state index contributed by atoms with van der Waals surface area (Å²) in [6, 6.07) is 12.1. The van der Waals surface area contributed by atoms with Crippen LogP contribution in [0.3, 0.4) is 0 Å². The number of hydrogen-bond acceptors (Lipinski definition) is 4. The highest BCUT2D eigenvalue weighted by Crippen LogP contribution is 2.35. The van der Waals surface area contributed by atoms with Gasteiger partial charge in [-0.2, -0.15) is 5.26 Å². The molecule has 0 radical (unpaired) electrons. The lowest BCUT2D eigenvalue weighted by Gasteiger charge is -2.34. The van der Waals surface area contributed by atoms with E-state index < -0.39 is 15.6 Å². The molecule has 1 aromatic rings. The molecule has 0 heterocycles. The SMILES string of the molecule is N#CC1(OCCS(=O)(=O)NC(Cc2ccccc2)C2CC2)CCC1. The molecule has 0 aromatic heterocycles. The summed E-state index contributed by atoms with van der Waals surface area (Å²) < 4.78 is 33.1. The second-order valence-corrected chi connectivity index (χ2v) is 8.75. The lowest BCUT2D eigenvalue weighted by atomic mass is 9.81. The van der Waals surface area contributed by atoms with E-state index in [1.807, 2.05) is 30.3 Å². The summed E-state index contributed by atoms with van der Waals surface area (Å²) in [6.45, 7) is 0.0750. The lowest BCUT2D eigenvalue weighted by Crippen LogP contribution is -2.43. The fourth-order valence-electron chi connectivity index (χ4n) is 3.09. The molecule has 0 amide bonds. The first kappa shape index (κ1) is 17.4. The van der Waals surface area contributed by atoms with Gasteiger partial charge in [0.2, 0.25) is 10.0 Å². The van der Waals surface area contributed by atoms with E-state index in [1.165, 1.54) is 0 Å². The minimum Gasteiger partial charge on any atom is -0.359 e. The number of ether oxygens (including phenoxy) is 1. The molecule has 130 valence electrons. The van der Waals surface area contributed by atoms with Crippen molar-refractivity contribution >= 4 is 10.0 Å². The first-order valence-electron chi connectivity index (χ1n) is 8.61. The van der Waals surface area contributed by atoms with Crippen molar-refractivity contribution < 1.29 is 13.2 Å². The number of nitrogens with one attached hydrogen (secondary N) is 1. The van der Waals surface area contributed by atoms with Gasteiger partial charge in [0.25, 0.3) is 0 Å². The summed E-state index contributed by atoms with van der Waals surface area (Å²) in [5.41, 5.74) is 0.404. The highest BCUT2D eigenvalue weighted by atomic mass is 32.2. The number of benzene rings is 1. The highest BCUT2D eigenvalue weighted by molar-refractivity contribution is 7.89. The second kappa shape index (κ2) is 7.22. The van der Waals surface area contributed by atoms with Gasteiger partial charge in [0.1, 0.15) is 0 Å². The molecule has 2 fully saturated rings. The standard InChI is InChI=1S/C18H24N2O3S/c19-14-18(9-4-10-18)23-11-12-24(21,22)20-17(16-7-8-16)13-15-5-2-1-3-6-15/h1-3,5-6,16-17,20H,4,7-13H2. The molecule has 2 saturated carbocycles. The largest absolute Gasteiger partial charge is 0.359 e. The molecule has 1 unspecified atom stereocenters. The van der Waals surface area contributed by atoms with E-state index in [2.05, 4.69) is 10.8 Å². The van der Waals surface area contributed by atoms with E-state index in [0.29, 0.717) is 25.2 Å². The van der Waals surface area contributed by atoms with E-state index >= 15 is 0 Å². The number of nitriles is 1. The normalized spacial score (nSPS) is 20.8. The third-order valence-electron chi connectivity index (χ3n) is 4.92. The highest BCUT2D eigenvalue weighted by Gasteiger charge is 2.39. The zero-order valence-corrected chi connectivity index (χ0v) is 14.6. The van der Waals surface area contributed by atoms with Crippen LogP contribution in [0.2, 0.25) is 0 Å². The van der Waals surface area contributed by atoms with E-state index in [1.54, 1.807) is 0 Å².